The van der Waals surface area contributed by atoms with Crippen LogP contribution in [0.1, 0.15) is 20.9 Å². The van der Waals surface area contributed by atoms with E-state index in [1.165, 1.54) is 10.1 Å². The first-order valence-corrected chi connectivity index (χ1v) is 8.16. The molecular weight excluding hydrogens is 304 g/mol. The summed E-state index contributed by atoms with van der Waals surface area (Å²) >= 11 is 2.75. The highest BCUT2D eigenvalue weighted by Crippen LogP contribution is 2.26. The van der Waals surface area contributed by atoms with Crippen molar-refractivity contribution in [3.63, 3.8) is 0 Å². The number of rotatable bonds is 3. The first-order valence-electron chi connectivity index (χ1n) is 6.46. The Bertz CT molecular complexity index is 860. The van der Waals surface area contributed by atoms with Crippen molar-refractivity contribution in [2.24, 2.45) is 0 Å². The maximum atomic E-state index is 12.4. The van der Waals surface area contributed by atoms with Crippen LogP contribution in [0.25, 0.3) is 10.1 Å². The Balaban J connectivity index is 1.86. The molecule has 0 aliphatic rings. The summed E-state index contributed by atoms with van der Waals surface area (Å²) in [5, 5.41) is 3.26. The van der Waals surface area contributed by atoms with Crippen LogP contribution in [0.4, 0.5) is 0 Å². The molecule has 0 aliphatic carbocycles. The van der Waals surface area contributed by atoms with Crippen LogP contribution in [-0.2, 0) is 6.54 Å². The third-order valence-corrected chi connectivity index (χ3v) is 5.16. The van der Waals surface area contributed by atoms with Gasteiger partial charge < -0.3 is 9.88 Å². The fourth-order valence-electron chi connectivity index (χ4n) is 2.28. The molecule has 0 saturated heterocycles. The highest BCUT2D eigenvalue weighted by molar-refractivity contribution is 7.17. The van der Waals surface area contributed by atoms with Crippen LogP contribution in [0.15, 0.2) is 34.4 Å². The van der Waals surface area contributed by atoms with Crippen molar-refractivity contribution in [3.05, 3.63) is 55.4 Å². The smallest absolute Gasteiger partial charge is 0.305 e. The topological polar surface area (TPSA) is 53.2 Å². The van der Waals surface area contributed by atoms with Crippen LogP contribution in [0.2, 0.25) is 0 Å². The van der Waals surface area contributed by atoms with Gasteiger partial charge >= 0.3 is 4.87 Å². The first-order chi connectivity index (χ1) is 10.1. The molecule has 108 valence electrons. The molecule has 3 aromatic rings. The molecule has 0 bridgehead atoms. The predicted molar refractivity (Wildman–Crippen MR) is 87.3 cm³/mol. The number of amides is 1. The van der Waals surface area contributed by atoms with Crippen molar-refractivity contribution in [2.75, 3.05) is 7.05 Å². The molecule has 1 N–H and O–H groups in total. The Kier molecular flexibility index (Phi) is 3.65. The van der Waals surface area contributed by atoms with Gasteiger partial charge in [-0.25, -0.2) is 0 Å². The number of nitrogens with zero attached hydrogens (tertiary/aromatic N) is 1. The van der Waals surface area contributed by atoms with Crippen molar-refractivity contribution < 1.29 is 4.79 Å². The molecule has 0 saturated carbocycles. The molecular formula is C15H14N2O2S2. The molecule has 1 aromatic carbocycles. The molecule has 21 heavy (non-hydrogen) atoms. The summed E-state index contributed by atoms with van der Waals surface area (Å²) in [6.07, 6.45) is 0. The van der Waals surface area contributed by atoms with Gasteiger partial charge in [0.2, 0.25) is 0 Å². The maximum Gasteiger partial charge on any atom is 0.305 e. The van der Waals surface area contributed by atoms with Crippen molar-refractivity contribution in [1.82, 2.24) is 9.88 Å². The predicted octanol–water partition coefficient (Wildman–Crippen LogP) is 3.23. The number of carbonyl (C=O) groups is 1. The minimum absolute atomic E-state index is 0.152. The molecule has 0 spiro atoms. The Labute approximate surface area is 129 Å². The van der Waals surface area contributed by atoms with Gasteiger partial charge in [0.25, 0.3) is 5.91 Å². The number of aromatic nitrogens is 1. The number of hydrogen-bond acceptors (Lipinski definition) is 4. The Morgan fingerprint density at radius 3 is 2.81 bits per heavy atom. The van der Waals surface area contributed by atoms with Gasteiger partial charge in [-0.15, -0.1) is 11.3 Å². The lowest BCUT2D eigenvalue weighted by atomic mass is 10.1. The van der Waals surface area contributed by atoms with E-state index in [9.17, 15) is 9.59 Å². The van der Waals surface area contributed by atoms with Gasteiger partial charge in [-0.2, -0.15) is 0 Å². The second-order valence-corrected chi connectivity index (χ2v) is 6.96. The molecule has 6 heteroatoms. The third-order valence-electron chi connectivity index (χ3n) is 3.35. The standard InChI is InChI=1S/C15H14N2O2S2/c1-9-13(16-15(19)21-9)14(18)17(2)7-10-8-20-12-6-4-3-5-11(10)12/h3-6,8H,7H2,1-2H3,(H,16,19). The third kappa shape index (κ3) is 2.64. The van der Waals surface area contributed by atoms with Crippen LogP contribution in [-0.4, -0.2) is 22.8 Å². The van der Waals surface area contributed by atoms with Gasteiger partial charge in [-0.3, -0.25) is 9.59 Å². The molecule has 1 amide bonds. The van der Waals surface area contributed by atoms with E-state index in [4.69, 9.17) is 0 Å². The Morgan fingerprint density at radius 1 is 1.33 bits per heavy atom. The summed E-state index contributed by atoms with van der Waals surface area (Å²) < 4.78 is 1.22. The lowest BCUT2D eigenvalue weighted by Gasteiger charge is -2.16. The van der Waals surface area contributed by atoms with Crippen LogP contribution >= 0.6 is 22.7 Å². The number of fused-ring (bicyclic) bond motifs is 1. The number of carbonyl (C=O) groups excluding carboxylic acids is 1. The number of aromatic amines is 1. The van der Waals surface area contributed by atoms with Gasteiger partial charge in [-0.1, -0.05) is 29.5 Å². The average Bonchev–Trinajstić information content (AvgIpc) is 3.02. The molecule has 0 radical (unpaired) electrons. The zero-order valence-corrected chi connectivity index (χ0v) is 13.3. The van der Waals surface area contributed by atoms with E-state index in [2.05, 4.69) is 22.5 Å². The zero-order valence-electron chi connectivity index (χ0n) is 11.7. The fraction of sp³-hybridized carbons (Fsp3) is 0.200. The van der Waals surface area contributed by atoms with E-state index in [-0.39, 0.29) is 10.8 Å². The summed E-state index contributed by atoms with van der Waals surface area (Å²) in [6.45, 7) is 2.31. The van der Waals surface area contributed by atoms with Crippen molar-refractivity contribution in [3.8, 4) is 0 Å². The van der Waals surface area contributed by atoms with Gasteiger partial charge in [0, 0.05) is 23.2 Å². The first kappa shape index (κ1) is 14.0. The summed E-state index contributed by atoms with van der Waals surface area (Å²) in [4.78, 5) is 28.5. The number of nitrogens with one attached hydrogen (secondary N) is 1. The molecule has 3 rings (SSSR count). The average molecular weight is 318 g/mol. The van der Waals surface area contributed by atoms with Crippen LogP contribution in [0, 0.1) is 6.92 Å². The molecule has 0 unspecified atom stereocenters. The zero-order chi connectivity index (χ0) is 15.0. The van der Waals surface area contributed by atoms with Crippen LogP contribution in [0.5, 0.6) is 0 Å². The normalized spacial score (nSPS) is 11.0. The molecule has 4 nitrogen and oxygen atoms in total. The molecule has 0 fully saturated rings. The second kappa shape index (κ2) is 5.46. The lowest BCUT2D eigenvalue weighted by Crippen LogP contribution is -2.27. The molecule has 0 aliphatic heterocycles. The number of hydrogen-bond donors (Lipinski definition) is 1. The number of benzene rings is 1. The molecule has 0 atom stereocenters. The van der Waals surface area contributed by atoms with Crippen molar-refractivity contribution in [2.45, 2.75) is 13.5 Å². The number of thiophene rings is 1. The monoisotopic (exact) mass is 318 g/mol. The lowest BCUT2D eigenvalue weighted by molar-refractivity contribution is 0.0780. The highest BCUT2D eigenvalue weighted by atomic mass is 32.1. The Morgan fingerprint density at radius 2 is 2.10 bits per heavy atom. The fourth-order valence-corrected chi connectivity index (χ4v) is 3.91. The van der Waals surface area contributed by atoms with Crippen molar-refractivity contribution >= 4 is 38.7 Å². The second-order valence-electron chi connectivity index (χ2n) is 4.86. The minimum atomic E-state index is -0.190. The SMILES string of the molecule is Cc1sc(=O)[nH]c1C(=O)N(C)Cc1csc2ccccc12. The van der Waals surface area contributed by atoms with E-state index in [0.717, 1.165) is 21.8 Å². The summed E-state index contributed by atoms with van der Waals surface area (Å²) in [5.41, 5.74) is 1.52. The molecule has 2 aromatic heterocycles. The number of aryl methyl sites for hydroxylation is 1. The van der Waals surface area contributed by atoms with E-state index < -0.39 is 0 Å². The molecule has 2 heterocycles. The van der Waals surface area contributed by atoms with Crippen LogP contribution in [0.3, 0.4) is 0 Å². The van der Waals surface area contributed by atoms with E-state index in [1.54, 1.807) is 30.2 Å². The Hall–Kier alpha value is -1.92. The summed E-state index contributed by atoms with van der Waals surface area (Å²) in [6, 6.07) is 8.15. The van der Waals surface area contributed by atoms with Gasteiger partial charge in [-0.05, 0) is 29.3 Å². The van der Waals surface area contributed by atoms with Gasteiger partial charge in [0.05, 0.1) is 0 Å². The van der Waals surface area contributed by atoms with Gasteiger partial charge in [0.1, 0.15) is 5.69 Å². The highest BCUT2D eigenvalue weighted by Gasteiger charge is 2.18. The van der Waals surface area contributed by atoms with Crippen LogP contribution < -0.4 is 4.87 Å². The van der Waals surface area contributed by atoms with E-state index in [1.807, 2.05) is 12.1 Å². The summed E-state index contributed by atoms with van der Waals surface area (Å²) in [5.74, 6) is -0.152. The van der Waals surface area contributed by atoms with E-state index in [0.29, 0.717) is 12.2 Å². The summed E-state index contributed by atoms with van der Waals surface area (Å²) in [7, 11) is 1.75. The van der Waals surface area contributed by atoms with E-state index >= 15 is 0 Å². The maximum absolute atomic E-state index is 12.4. The number of H-pyrrole nitrogens is 1. The van der Waals surface area contributed by atoms with Crippen molar-refractivity contribution in [1.29, 1.82) is 0 Å². The minimum Gasteiger partial charge on any atom is -0.336 e. The number of thiazole rings is 1. The quantitative estimate of drug-likeness (QED) is 0.806. The largest absolute Gasteiger partial charge is 0.336 e. The van der Waals surface area contributed by atoms with Gasteiger partial charge in [0.15, 0.2) is 0 Å².